The van der Waals surface area contributed by atoms with Crippen LogP contribution in [0.1, 0.15) is 49.9 Å². The van der Waals surface area contributed by atoms with Crippen LogP contribution in [0.15, 0.2) is 24.3 Å². The molecule has 3 rings (SSSR count). The van der Waals surface area contributed by atoms with Gasteiger partial charge in [-0.3, -0.25) is 4.90 Å². The van der Waals surface area contributed by atoms with Crippen LogP contribution in [-0.4, -0.2) is 64.9 Å². The molecule has 6 heteroatoms. The van der Waals surface area contributed by atoms with Crippen LogP contribution in [-0.2, 0) is 13.0 Å². The monoisotopic (exact) mass is 371 g/mol. The summed E-state index contributed by atoms with van der Waals surface area (Å²) < 4.78 is 7.39. The van der Waals surface area contributed by atoms with Gasteiger partial charge in [0, 0.05) is 39.1 Å². The second kappa shape index (κ2) is 9.33. The highest BCUT2D eigenvalue weighted by molar-refractivity contribution is 5.28. The molecule has 0 saturated carbocycles. The Balaban J connectivity index is 1.77. The Kier molecular flexibility index (Phi) is 6.85. The van der Waals surface area contributed by atoms with Crippen molar-refractivity contribution in [3.8, 4) is 5.75 Å². The SMILES string of the molecule is CCCCn1nc(Cc2ccc(OC)cc2)nc1[C@@H](C)N1CCN(C)CC1. The summed E-state index contributed by atoms with van der Waals surface area (Å²) in [6.45, 7) is 9.85. The minimum atomic E-state index is 0.299. The molecular formula is C21H33N5O. The molecule has 148 valence electrons. The molecule has 1 aromatic carbocycles. The van der Waals surface area contributed by atoms with Gasteiger partial charge in [-0.1, -0.05) is 25.5 Å². The topological polar surface area (TPSA) is 46.4 Å². The lowest BCUT2D eigenvalue weighted by atomic mass is 10.1. The minimum Gasteiger partial charge on any atom is -0.497 e. The highest BCUT2D eigenvalue weighted by Crippen LogP contribution is 2.22. The third kappa shape index (κ3) is 5.08. The fourth-order valence-corrected chi connectivity index (χ4v) is 3.56. The van der Waals surface area contributed by atoms with Crippen LogP contribution in [0.5, 0.6) is 5.75 Å². The highest BCUT2D eigenvalue weighted by atomic mass is 16.5. The van der Waals surface area contributed by atoms with Crippen molar-refractivity contribution >= 4 is 0 Å². The average molecular weight is 372 g/mol. The second-order valence-electron chi connectivity index (χ2n) is 7.50. The lowest BCUT2D eigenvalue weighted by Crippen LogP contribution is -2.45. The maximum Gasteiger partial charge on any atom is 0.155 e. The first-order valence-electron chi connectivity index (χ1n) is 10.1. The largest absolute Gasteiger partial charge is 0.497 e. The molecule has 1 aliphatic heterocycles. The van der Waals surface area contributed by atoms with Gasteiger partial charge in [-0.05, 0) is 38.1 Å². The third-order valence-electron chi connectivity index (χ3n) is 5.45. The quantitative estimate of drug-likeness (QED) is 0.714. The van der Waals surface area contributed by atoms with Crippen LogP contribution in [0.25, 0.3) is 0 Å². The van der Waals surface area contributed by atoms with Gasteiger partial charge in [-0.25, -0.2) is 9.67 Å². The van der Waals surface area contributed by atoms with Crippen molar-refractivity contribution in [2.75, 3.05) is 40.3 Å². The molecule has 27 heavy (non-hydrogen) atoms. The Morgan fingerprint density at radius 3 is 2.44 bits per heavy atom. The fourth-order valence-electron chi connectivity index (χ4n) is 3.56. The summed E-state index contributed by atoms with van der Waals surface area (Å²) in [6, 6.07) is 8.48. The molecule has 0 aliphatic carbocycles. The number of hydrogen-bond donors (Lipinski definition) is 0. The number of benzene rings is 1. The van der Waals surface area contributed by atoms with Crippen molar-refractivity contribution in [2.45, 2.75) is 45.7 Å². The number of methoxy groups -OCH3 is 1. The number of likely N-dealkylation sites (N-methyl/N-ethyl adjacent to an activating group) is 1. The summed E-state index contributed by atoms with van der Waals surface area (Å²) in [7, 11) is 3.89. The normalized spacial score (nSPS) is 17.2. The van der Waals surface area contributed by atoms with Gasteiger partial charge in [0.05, 0.1) is 13.2 Å². The highest BCUT2D eigenvalue weighted by Gasteiger charge is 2.25. The van der Waals surface area contributed by atoms with Gasteiger partial charge < -0.3 is 9.64 Å². The van der Waals surface area contributed by atoms with Crippen LogP contribution in [0.4, 0.5) is 0 Å². The summed E-state index contributed by atoms with van der Waals surface area (Å²) in [6.07, 6.45) is 3.05. The zero-order valence-electron chi connectivity index (χ0n) is 17.2. The summed E-state index contributed by atoms with van der Waals surface area (Å²) in [4.78, 5) is 9.88. The Labute approximate surface area is 163 Å². The van der Waals surface area contributed by atoms with Gasteiger partial charge in [0.25, 0.3) is 0 Å². The smallest absolute Gasteiger partial charge is 0.155 e. The number of piperazine rings is 1. The number of aryl methyl sites for hydroxylation is 1. The maximum atomic E-state index is 5.25. The van der Waals surface area contributed by atoms with Crippen molar-refractivity contribution in [3.05, 3.63) is 41.5 Å². The van der Waals surface area contributed by atoms with E-state index in [2.05, 4.69) is 47.5 Å². The lowest BCUT2D eigenvalue weighted by molar-refractivity contribution is 0.113. The summed E-state index contributed by atoms with van der Waals surface area (Å²) in [5, 5.41) is 4.85. The van der Waals surface area contributed by atoms with Gasteiger partial charge in [0.1, 0.15) is 11.6 Å². The zero-order valence-corrected chi connectivity index (χ0v) is 17.2. The molecule has 0 bridgehead atoms. The summed E-state index contributed by atoms with van der Waals surface area (Å²) in [5.74, 6) is 2.90. The lowest BCUT2D eigenvalue weighted by Gasteiger charge is -2.36. The molecule has 1 saturated heterocycles. The molecule has 0 spiro atoms. The number of rotatable bonds is 8. The fraction of sp³-hybridized carbons (Fsp3) is 0.619. The van der Waals surface area contributed by atoms with Crippen molar-refractivity contribution in [1.29, 1.82) is 0 Å². The standard InChI is InChI=1S/C21H33N5O/c1-5-6-11-26-21(17(2)25-14-12-24(3)13-15-25)22-20(23-26)16-18-7-9-19(27-4)10-8-18/h7-10,17H,5-6,11-16H2,1-4H3/t17-/m1/s1. The third-order valence-corrected chi connectivity index (χ3v) is 5.45. The van der Waals surface area contributed by atoms with Crippen molar-refractivity contribution in [3.63, 3.8) is 0 Å². The molecule has 0 radical (unpaired) electrons. The summed E-state index contributed by atoms with van der Waals surface area (Å²) in [5.41, 5.74) is 1.21. The molecule has 2 heterocycles. The molecule has 1 aromatic heterocycles. The molecule has 2 aromatic rings. The van der Waals surface area contributed by atoms with E-state index in [-0.39, 0.29) is 0 Å². The predicted molar refractivity (Wildman–Crippen MR) is 108 cm³/mol. The second-order valence-corrected chi connectivity index (χ2v) is 7.50. The predicted octanol–water partition coefficient (Wildman–Crippen LogP) is 2.99. The zero-order chi connectivity index (χ0) is 19.2. The molecule has 0 amide bonds. The van der Waals surface area contributed by atoms with Gasteiger partial charge >= 0.3 is 0 Å². The maximum absolute atomic E-state index is 5.25. The van der Waals surface area contributed by atoms with Gasteiger partial charge in [-0.15, -0.1) is 0 Å². The Morgan fingerprint density at radius 2 is 1.81 bits per heavy atom. The van der Waals surface area contributed by atoms with E-state index in [4.69, 9.17) is 14.8 Å². The van der Waals surface area contributed by atoms with Crippen LogP contribution < -0.4 is 4.74 Å². The first-order valence-corrected chi connectivity index (χ1v) is 10.1. The Bertz CT molecular complexity index is 704. The molecule has 1 aliphatic rings. The number of hydrogen-bond acceptors (Lipinski definition) is 5. The molecule has 1 fully saturated rings. The first-order chi connectivity index (χ1) is 13.1. The van der Waals surface area contributed by atoms with E-state index in [1.54, 1.807) is 7.11 Å². The first kappa shape index (κ1) is 19.8. The number of unbranched alkanes of at least 4 members (excludes halogenated alkanes) is 1. The molecule has 1 atom stereocenters. The van der Waals surface area contributed by atoms with E-state index < -0.39 is 0 Å². The van der Waals surface area contributed by atoms with E-state index in [1.165, 1.54) is 5.56 Å². The van der Waals surface area contributed by atoms with Gasteiger partial charge in [0.2, 0.25) is 0 Å². The van der Waals surface area contributed by atoms with Crippen LogP contribution >= 0.6 is 0 Å². The van der Waals surface area contributed by atoms with E-state index in [0.29, 0.717) is 6.04 Å². The van der Waals surface area contributed by atoms with Gasteiger partial charge in [-0.2, -0.15) is 5.10 Å². The molecular weight excluding hydrogens is 338 g/mol. The molecule has 0 unspecified atom stereocenters. The van der Waals surface area contributed by atoms with E-state index in [0.717, 1.165) is 69.4 Å². The average Bonchev–Trinajstić information content (AvgIpc) is 3.09. The number of aromatic nitrogens is 3. The Morgan fingerprint density at radius 1 is 1.11 bits per heavy atom. The molecule has 6 nitrogen and oxygen atoms in total. The van der Waals surface area contributed by atoms with Crippen LogP contribution in [0, 0.1) is 0 Å². The van der Waals surface area contributed by atoms with Crippen LogP contribution in [0.3, 0.4) is 0 Å². The van der Waals surface area contributed by atoms with Crippen LogP contribution in [0.2, 0.25) is 0 Å². The Hall–Kier alpha value is -1.92. The van der Waals surface area contributed by atoms with Gasteiger partial charge in [0.15, 0.2) is 5.82 Å². The summed E-state index contributed by atoms with van der Waals surface area (Å²) >= 11 is 0. The van der Waals surface area contributed by atoms with Crippen molar-refractivity contribution in [1.82, 2.24) is 24.6 Å². The number of ether oxygens (including phenoxy) is 1. The number of nitrogens with zero attached hydrogens (tertiary/aromatic N) is 5. The minimum absolute atomic E-state index is 0.299. The van der Waals surface area contributed by atoms with Crippen molar-refractivity contribution in [2.24, 2.45) is 0 Å². The molecule has 0 N–H and O–H groups in total. The van der Waals surface area contributed by atoms with E-state index in [9.17, 15) is 0 Å². The van der Waals surface area contributed by atoms with Crippen molar-refractivity contribution < 1.29 is 4.74 Å². The van der Waals surface area contributed by atoms with E-state index >= 15 is 0 Å². The van der Waals surface area contributed by atoms with E-state index in [1.807, 2.05) is 12.1 Å².